The van der Waals surface area contributed by atoms with E-state index in [-0.39, 0.29) is 11.5 Å². The molecule has 2 rings (SSSR count). The molecule has 0 fully saturated rings. The summed E-state index contributed by atoms with van der Waals surface area (Å²) in [6, 6.07) is 10.5. The first kappa shape index (κ1) is 16.2. The number of aryl methyl sites for hydroxylation is 2. The van der Waals surface area contributed by atoms with Gasteiger partial charge in [0.2, 0.25) is 0 Å². The molecule has 0 bridgehead atoms. The largest absolute Gasteiger partial charge is 0.293 e. The first-order chi connectivity index (χ1) is 9.90. The minimum atomic E-state index is -1.56. The second-order valence-corrected chi connectivity index (χ2v) is 6.98. The zero-order chi connectivity index (χ0) is 15.6. The van der Waals surface area contributed by atoms with E-state index in [4.69, 9.17) is 23.2 Å². The number of rotatable bonds is 4. The van der Waals surface area contributed by atoms with Gasteiger partial charge in [-0.25, -0.2) is 0 Å². The lowest BCUT2D eigenvalue weighted by molar-refractivity contribution is 0.102. The standard InChI is InChI=1S/C16H14Cl2O2S/c1-10-6-7-12(11(2)8-10)15(19)9-21(20)16-13(17)4-3-5-14(16)18/h3-8H,9H2,1-2H3. The number of hydrogen-bond donors (Lipinski definition) is 0. The van der Waals surface area contributed by atoms with E-state index >= 15 is 0 Å². The Morgan fingerprint density at radius 2 is 1.71 bits per heavy atom. The fourth-order valence-corrected chi connectivity index (χ4v) is 4.12. The summed E-state index contributed by atoms with van der Waals surface area (Å²) in [4.78, 5) is 12.6. The number of benzene rings is 2. The summed E-state index contributed by atoms with van der Waals surface area (Å²) < 4.78 is 12.4. The molecule has 0 radical (unpaired) electrons. The Morgan fingerprint density at radius 1 is 1.10 bits per heavy atom. The summed E-state index contributed by atoms with van der Waals surface area (Å²) in [6.45, 7) is 3.83. The number of ketones is 1. The van der Waals surface area contributed by atoms with Crippen LogP contribution in [0.25, 0.3) is 0 Å². The van der Waals surface area contributed by atoms with Crippen molar-refractivity contribution in [2.24, 2.45) is 0 Å². The third-order valence-electron chi connectivity index (χ3n) is 3.09. The molecule has 1 atom stereocenters. The summed E-state index contributed by atoms with van der Waals surface area (Å²) in [6.07, 6.45) is 0. The average molecular weight is 341 g/mol. The van der Waals surface area contributed by atoms with Gasteiger partial charge in [0.05, 0.1) is 31.5 Å². The summed E-state index contributed by atoms with van der Waals surface area (Å²) in [5.41, 5.74) is 2.54. The number of carbonyl (C=O) groups is 1. The highest BCUT2D eigenvalue weighted by Crippen LogP contribution is 2.28. The SMILES string of the molecule is Cc1ccc(C(=O)CS(=O)c2c(Cl)cccc2Cl)c(C)c1. The van der Waals surface area contributed by atoms with E-state index < -0.39 is 10.8 Å². The smallest absolute Gasteiger partial charge is 0.175 e. The lowest BCUT2D eigenvalue weighted by Gasteiger charge is -2.08. The number of carbonyl (C=O) groups excluding carboxylic acids is 1. The Hall–Kier alpha value is -1.16. The van der Waals surface area contributed by atoms with Crippen LogP contribution >= 0.6 is 23.2 Å². The van der Waals surface area contributed by atoms with E-state index in [0.29, 0.717) is 20.5 Å². The molecule has 0 saturated heterocycles. The zero-order valence-electron chi connectivity index (χ0n) is 11.7. The number of Topliss-reactive ketones (excluding diaryl/α,β-unsaturated/α-hetero) is 1. The van der Waals surface area contributed by atoms with E-state index in [2.05, 4.69) is 0 Å². The fourth-order valence-electron chi connectivity index (χ4n) is 2.10. The van der Waals surface area contributed by atoms with Gasteiger partial charge >= 0.3 is 0 Å². The maximum absolute atomic E-state index is 12.4. The molecule has 21 heavy (non-hydrogen) atoms. The Bertz CT molecular complexity index is 706. The third-order valence-corrected chi connectivity index (χ3v) is 5.36. The van der Waals surface area contributed by atoms with Gasteiger partial charge in [0.15, 0.2) is 5.78 Å². The van der Waals surface area contributed by atoms with Crippen LogP contribution in [-0.4, -0.2) is 15.7 Å². The molecule has 0 saturated carbocycles. The van der Waals surface area contributed by atoms with E-state index in [0.717, 1.165) is 11.1 Å². The molecule has 0 aromatic heterocycles. The first-order valence-electron chi connectivity index (χ1n) is 6.33. The van der Waals surface area contributed by atoms with Crippen LogP contribution in [0.5, 0.6) is 0 Å². The molecule has 2 aromatic rings. The van der Waals surface area contributed by atoms with Crippen LogP contribution < -0.4 is 0 Å². The molecule has 0 aliphatic heterocycles. The third kappa shape index (κ3) is 3.73. The normalized spacial score (nSPS) is 12.2. The Kier molecular flexibility index (Phi) is 5.20. The quantitative estimate of drug-likeness (QED) is 0.762. The van der Waals surface area contributed by atoms with Gasteiger partial charge in [-0.1, -0.05) is 53.0 Å². The van der Waals surface area contributed by atoms with E-state index in [1.807, 2.05) is 26.0 Å². The molecule has 1 unspecified atom stereocenters. The first-order valence-corrected chi connectivity index (χ1v) is 8.40. The molecule has 0 aliphatic carbocycles. The highest BCUT2D eigenvalue weighted by molar-refractivity contribution is 7.86. The Morgan fingerprint density at radius 3 is 2.29 bits per heavy atom. The van der Waals surface area contributed by atoms with Crippen molar-refractivity contribution in [1.82, 2.24) is 0 Å². The molecular formula is C16H14Cl2O2S. The summed E-state index contributed by atoms with van der Waals surface area (Å²) in [5, 5.41) is 0.628. The number of hydrogen-bond acceptors (Lipinski definition) is 2. The van der Waals surface area contributed by atoms with E-state index in [9.17, 15) is 9.00 Å². The molecular weight excluding hydrogens is 327 g/mol. The zero-order valence-corrected chi connectivity index (χ0v) is 14.0. The van der Waals surface area contributed by atoms with E-state index in [1.165, 1.54) is 0 Å². The predicted octanol–water partition coefficient (Wildman–Crippen LogP) is 4.60. The van der Waals surface area contributed by atoms with Gasteiger partial charge < -0.3 is 0 Å². The minimum absolute atomic E-state index is 0.132. The predicted molar refractivity (Wildman–Crippen MR) is 88.0 cm³/mol. The van der Waals surface area contributed by atoms with Crippen molar-refractivity contribution >= 4 is 39.8 Å². The van der Waals surface area contributed by atoms with Gasteiger partial charge in [-0.3, -0.25) is 9.00 Å². The van der Waals surface area contributed by atoms with Crippen molar-refractivity contribution in [1.29, 1.82) is 0 Å². The van der Waals surface area contributed by atoms with Crippen LogP contribution in [-0.2, 0) is 10.8 Å². The monoisotopic (exact) mass is 340 g/mol. The molecule has 0 spiro atoms. The highest BCUT2D eigenvalue weighted by Gasteiger charge is 2.18. The van der Waals surface area contributed by atoms with Crippen LogP contribution in [0, 0.1) is 13.8 Å². The van der Waals surface area contributed by atoms with E-state index in [1.54, 1.807) is 24.3 Å². The van der Waals surface area contributed by atoms with Gasteiger partial charge in [-0.2, -0.15) is 0 Å². The number of halogens is 2. The molecule has 0 aliphatic rings. The minimum Gasteiger partial charge on any atom is -0.293 e. The van der Waals surface area contributed by atoms with Crippen LogP contribution in [0.4, 0.5) is 0 Å². The lowest BCUT2D eigenvalue weighted by atomic mass is 10.0. The van der Waals surface area contributed by atoms with Crippen molar-refractivity contribution < 1.29 is 9.00 Å². The van der Waals surface area contributed by atoms with Crippen LogP contribution in [0.15, 0.2) is 41.3 Å². The van der Waals surface area contributed by atoms with Gasteiger partial charge in [-0.05, 0) is 31.5 Å². The average Bonchev–Trinajstić information content (AvgIpc) is 2.37. The van der Waals surface area contributed by atoms with Crippen LogP contribution in [0.1, 0.15) is 21.5 Å². The Labute approximate surface area is 136 Å². The molecule has 2 nitrogen and oxygen atoms in total. The summed E-state index contributed by atoms with van der Waals surface area (Å²) in [5.74, 6) is -0.310. The van der Waals surface area contributed by atoms with Crippen molar-refractivity contribution in [3.8, 4) is 0 Å². The molecule has 5 heteroatoms. The summed E-state index contributed by atoms with van der Waals surface area (Å²) in [7, 11) is -1.56. The second-order valence-electron chi connectivity index (χ2n) is 4.78. The lowest BCUT2D eigenvalue weighted by Crippen LogP contribution is -2.13. The van der Waals surface area contributed by atoms with Crippen LogP contribution in [0.2, 0.25) is 10.0 Å². The summed E-state index contributed by atoms with van der Waals surface area (Å²) >= 11 is 12.0. The highest BCUT2D eigenvalue weighted by atomic mass is 35.5. The molecule has 110 valence electrons. The van der Waals surface area contributed by atoms with Crippen molar-refractivity contribution in [2.75, 3.05) is 5.75 Å². The maximum atomic E-state index is 12.4. The molecule has 2 aromatic carbocycles. The van der Waals surface area contributed by atoms with Gasteiger partial charge in [-0.15, -0.1) is 0 Å². The van der Waals surface area contributed by atoms with Gasteiger partial charge in [0.25, 0.3) is 0 Å². The van der Waals surface area contributed by atoms with Crippen LogP contribution in [0.3, 0.4) is 0 Å². The van der Waals surface area contributed by atoms with Crippen molar-refractivity contribution in [3.63, 3.8) is 0 Å². The Balaban J connectivity index is 2.25. The molecule has 0 amide bonds. The maximum Gasteiger partial charge on any atom is 0.175 e. The topological polar surface area (TPSA) is 34.1 Å². The molecule has 0 heterocycles. The van der Waals surface area contributed by atoms with Crippen molar-refractivity contribution in [2.45, 2.75) is 18.7 Å². The van der Waals surface area contributed by atoms with Gasteiger partial charge in [0, 0.05) is 5.56 Å². The van der Waals surface area contributed by atoms with Gasteiger partial charge in [0.1, 0.15) is 0 Å². The second kappa shape index (κ2) is 6.73. The fraction of sp³-hybridized carbons (Fsp3) is 0.188. The molecule has 0 N–H and O–H groups in total. The van der Waals surface area contributed by atoms with Crippen molar-refractivity contribution in [3.05, 3.63) is 63.1 Å².